The summed E-state index contributed by atoms with van der Waals surface area (Å²) in [6.45, 7) is 1.95. The average Bonchev–Trinajstić information content (AvgIpc) is 2.49. The highest BCUT2D eigenvalue weighted by Crippen LogP contribution is 2.41. The molecular weight excluding hydrogens is 337 g/mol. The summed E-state index contributed by atoms with van der Waals surface area (Å²) < 4.78 is 66.9. The first-order valence-electron chi connectivity index (χ1n) is 6.62. The van der Waals surface area contributed by atoms with Gasteiger partial charge in [0.2, 0.25) is 0 Å². The number of nitrogens with zero attached hydrogens (tertiary/aromatic N) is 1. The molecular formula is C15H18F5NO3. The van der Waals surface area contributed by atoms with Gasteiger partial charge in [0.1, 0.15) is 24.2 Å². The number of likely N-dealkylation sites (N-methyl/N-ethyl adjacent to an activating group) is 1. The Morgan fingerprint density at radius 1 is 1.17 bits per heavy atom. The minimum atomic E-state index is -5.11. The molecule has 0 aliphatic rings. The second-order valence-corrected chi connectivity index (χ2v) is 5.33. The standard InChI is InChI=1S/C14H14F5NO2.CH4O/c1-13(2,7-22)10-11(16)8(14(17,18)19)6-9(15)12(10)20(3)4-5-21;1-2/h5-7H,4H2,1-3H3;2H,1H3. The third-order valence-corrected chi connectivity index (χ3v) is 3.16. The van der Waals surface area contributed by atoms with E-state index in [0.29, 0.717) is 6.29 Å². The maximum Gasteiger partial charge on any atom is 0.419 e. The Kier molecular flexibility index (Phi) is 7.49. The highest BCUT2D eigenvalue weighted by molar-refractivity contribution is 5.75. The Balaban J connectivity index is 0.00000254. The molecule has 0 atom stereocenters. The highest BCUT2D eigenvalue weighted by atomic mass is 19.4. The van der Waals surface area contributed by atoms with Crippen LogP contribution < -0.4 is 4.90 Å². The number of hydrogen-bond donors (Lipinski definition) is 1. The van der Waals surface area contributed by atoms with E-state index >= 15 is 0 Å². The Labute approximate surface area is 135 Å². The van der Waals surface area contributed by atoms with Crippen LogP contribution in [0.4, 0.5) is 27.6 Å². The van der Waals surface area contributed by atoms with Crippen molar-refractivity contribution in [3.8, 4) is 0 Å². The number of aldehydes is 2. The summed E-state index contributed by atoms with van der Waals surface area (Å²) >= 11 is 0. The van der Waals surface area contributed by atoms with Gasteiger partial charge in [-0.2, -0.15) is 13.2 Å². The molecule has 1 N–H and O–H groups in total. The molecule has 0 aliphatic carbocycles. The van der Waals surface area contributed by atoms with Gasteiger partial charge >= 0.3 is 6.18 Å². The van der Waals surface area contributed by atoms with Gasteiger partial charge in [-0.25, -0.2) is 8.78 Å². The molecule has 1 aromatic rings. The van der Waals surface area contributed by atoms with Gasteiger partial charge < -0.3 is 19.6 Å². The lowest BCUT2D eigenvalue weighted by Gasteiger charge is -2.29. The highest BCUT2D eigenvalue weighted by Gasteiger charge is 2.41. The van der Waals surface area contributed by atoms with Crippen LogP contribution in [-0.4, -0.2) is 38.4 Å². The second kappa shape index (κ2) is 8.18. The number of aliphatic hydroxyl groups excluding tert-OH is 1. The Hall–Kier alpha value is -2.03. The van der Waals surface area contributed by atoms with Gasteiger partial charge in [0, 0.05) is 19.7 Å². The molecule has 0 saturated carbocycles. The SMILES string of the molecule is CN(CC=O)c1c(F)cc(C(F)(F)F)c(F)c1C(C)(C)C=O.CO. The van der Waals surface area contributed by atoms with Crippen molar-refractivity contribution in [1.82, 2.24) is 0 Å². The average molecular weight is 355 g/mol. The zero-order valence-corrected chi connectivity index (χ0v) is 13.5. The van der Waals surface area contributed by atoms with Gasteiger partial charge in [0.25, 0.3) is 0 Å². The molecule has 0 fully saturated rings. The first kappa shape index (κ1) is 22.0. The van der Waals surface area contributed by atoms with Crippen LogP contribution in [0.5, 0.6) is 0 Å². The number of alkyl halides is 3. The van der Waals surface area contributed by atoms with Crippen LogP contribution in [-0.2, 0) is 21.2 Å². The van der Waals surface area contributed by atoms with Gasteiger partial charge in [-0.3, -0.25) is 0 Å². The van der Waals surface area contributed by atoms with Crippen molar-refractivity contribution in [2.45, 2.75) is 25.4 Å². The Morgan fingerprint density at radius 2 is 1.67 bits per heavy atom. The van der Waals surface area contributed by atoms with Crippen molar-refractivity contribution in [2.24, 2.45) is 0 Å². The molecule has 4 nitrogen and oxygen atoms in total. The third-order valence-electron chi connectivity index (χ3n) is 3.16. The van der Waals surface area contributed by atoms with Crippen LogP contribution in [0.3, 0.4) is 0 Å². The number of carbonyl (C=O) groups excluding carboxylic acids is 2. The van der Waals surface area contributed by atoms with E-state index in [1.807, 2.05) is 0 Å². The van der Waals surface area contributed by atoms with E-state index in [0.717, 1.165) is 25.9 Å². The lowest BCUT2D eigenvalue weighted by molar-refractivity contribution is -0.140. The van der Waals surface area contributed by atoms with E-state index in [2.05, 4.69) is 0 Å². The second-order valence-electron chi connectivity index (χ2n) is 5.33. The minimum absolute atomic E-state index is 0.0242. The molecule has 0 aliphatic heterocycles. The minimum Gasteiger partial charge on any atom is -0.400 e. The number of aliphatic hydroxyl groups is 1. The van der Waals surface area contributed by atoms with Gasteiger partial charge in [0.15, 0.2) is 0 Å². The number of benzene rings is 1. The molecule has 0 saturated heterocycles. The van der Waals surface area contributed by atoms with Crippen molar-refractivity contribution in [3.05, 3.63) is 28.8 Å². The normalized spacial score (nSPS) is 11.4. The van der Waals surface area contributed by atoms with E-state index in [1.54, 1.807) is 0 Å². The molecule has 24 heavy (non-hydrogen) atoms. The quantitative estimate of drug-likeness (QED) is 0.652. The number of anilines is 1. The van der Waals surface area contributed by atoms with Crippen molar-refractivity contribution < 1.29 is 36.6 Å². The summed E-state index contributed by atoms with van der Waals surface area (Å²) in [5, 5.41) is 7.00. The number of rotatable bonds is 5. The molecule has 136 valence electrons. The molecule has 0 unspecified atom stereocenters. The zero-order chi connectivity index (χ0) is 19.3. The Morgan fingerprint density at radius 3 is 2.04 bits per heavy atom. The molecule has 0 amide bonds. The van der Waals surface area contributed by atoms with Crippen LogP contribution in [0.15, 0.2) is 6.07 Å². The third kappa shape index (κ3) is 4.50. The van der Waals surface area contributed by atoms with E-state index in [-0.39, 0.29) is 18.9 Å². The molecule has 0 aromatic heterocycles. The van der Waals surface area contributed by atoms with E-state index < -0.39 is 40.0 Å². The summed E-state index contributed by atoms with van der Waals surface area (Å²) in [4.78, 5) is 22.6. The summed E-state index contributed by atoms with van der Waals surface area (Å²) in [5.41, 5.74) is -4.79. The molecule has 0 heterocycles. The van der Waals surface area contributed by atoms with Crippen LogP contribution in [0.25, 0.3) is 0 Å². The molecule has 1 rings (SSSR count). The lowest BCUT2D eigenvalue weighted by Crippen LogP contribution is -2.30. The number of hydrogen-bond acceptors (Lipinski definition) is 4. The lowest BCUT2D eigenvalue weighted by atomic mass is 9.83. The first-order chi connectivity index (χ1) is 11.0. The van der Waals surface area contributed by atoms with Crippen LogP contribution in [0, 0.1) is 11.6 Å². The maximum atomic E-state index is 14.3. The number of carbonyl (C=O) groups is 2. The molecule has 1 aromatic carbocycles. The Bertz CT molecular complexity index is 600. The van der Waals surface area contributed by atoms with Crippen LogP contribution in [0.1, 0.15) is 25.0 Å². The van der Waals surface area contributed by atoms with Gasteiger partial charge in [-0.05, 0) is 19.9 Å². The predicted molar refractivity (Wildman–Crippen MR) is 77.9 cm³/mol. The monoisotopic (exact) mass is 355 g/mol. The smallest absolute Gasteiger partial charge is 0.400 e. The molecule has 9 heteroatoms. The van der Waals surface area contributed by atoms with Crippen molar-refractivity contribution in [1.29, 1.82) is 0 Å². The summed E-state index contributed by atoms with van der Waals surface area (Å²) in [6.07, 6.45) is -4.50. The van der Waals surface area contributed by atoms with Crippen molar-refractivity contribution in [3.63, 3.8) is 0 Å². The summed E-state index contributed by atoms with van der Waals surface area (Å²) in [6, 6.07) is 0.0242. The first-order valence-corrected chi connectivity index (χ1v) is 6.62. The predicted octanol–water partition coefficient (Wildman–Crippen LogP) is 2.70. The van der Waals surface area contributed by atoms with Gasteiger partial charge in [0.05, 0.1) is 23.2 Å². The fourth-order valence-corrected chi connectivity index (χ4v) is 2.05. The molecule has 0 radical (unpaired) electrons. The van der Waals surface area contributed by atoms with Crippen molar-refractivity contribution >= 4 is 18.3 Å². The summed E-state index contributed by atoms with van der Waals surface area (Å²) in [7, 11) is 2.21. The van der Waals surface area contributed by atoms with Gasteiger partial charge in [-0.1, -0.05) is 0 Å². The van der Waals surface area contributed by atoms with Crippen LogP contribution in [0.2, 0.25) is 0 Å². The maximum absolute atomic E-state index is 14.3. The topological polar surface area (TPSA) is 57.6 Å². The van der Waals surface area contributed by atoms with Crippen molar-refractivity contribution in [2.75, 3.05) is 25.6 Å². The van der Waals surface area contributed by atoms with Crippen LogP contribution >= 0.6 is 0 Å². The summed E-state index contributed by atoms with van der Waals surface area (Å²) in [5.74, 6) is -3.08. The fourth-order valence-electron chi connectivity index (χ4n) is 2.05. The van der Waals surface area contributed by atoms with E-state index in [1.165, 1.54) is 7.05 Å². The van der Waals surface area contributed by atoms with Gasteiger partial charge in [-0.15, -0.1) is 0 Å². The number of halogens is 5. The molecule has 0 spiro atoms. The fraction of sp³-hybridized carbons (Fsp3) is 0.467. The zero-order valence-electron chi connectivity index (χ0n) is 13.5. The largest absolute Gasteiger partial charge is 0.419 e. The van der Waals surface area contributed by atoms with E-state index in [9.17, 15) is 31.5 Å². The molecule has 0 bridgehead atoms. The van der Waals surface area contributed by atoms with E-state index in [4.69, 9.17) is 5.11 Å².